The minimum Gasteiger partial charge on any atom is -0.395 e. The molecule has 0 spiro atoms. The van der Waals surface area contributed by atoms with E-state index in [2.05, 4.69) is 31.0 Å². The van der Waals surface area contributed by atoms with Crippen molar-refractivity contribution in [3.05, 3.63) is 0 Å². The fourth-order valence-corrected chi connectivity index (χ4v) is 2.18. The standard InChI is InChI=1S/C11H24N2O/c1-9(2)12-11(8-14)7-13-6-4-5-10(13)3/h9-12,14H,4-8H2,1-3H3. The Morgan fingerprint density at radius 3 is 2.64 bits per heavy atom. The number of likely N-dealkylation sites (tertiary alicyclic amines) is 1. The second-order valence-corrected chi connectivity index (χ2v) is 4.69. The summed E-state index contributed by atoms with van der Waals surface area (Å²) in [6.07, 6.45) is 2.61. The molecule has 84 valence electrons. The number of hydrogen-bond donors (Lipinski definition) is 2. The maximum absolute atomic E-state index is 9.23. The first kappa shape index (κ1) is 12.0. The molecule has 1 aliphatic heterocycles. The number of aliphatic hydroxyl groups is 1. The van der Waals surface area contributed by atoms with E-state index in [4.69, 9.17) is 0 Å². The van der Waals surface area contributed by atoms with E-state index in [1.165, 1.54) is 19.4 Å². The van der Waals surface area contributed by atoms with Crippen LogP contribution in [0.3, 0.4) is 0 Å². The molecule has 1 aliphatic rings. The molecule has 1 fully saturated rings. The third kappa shape index (κ3) is 3.56. The summed E-state index contributed by atoms with van der Waals surface area (Å²) in [5, 5.41) is 12.6. The van der Waals surface area contributed by atoms with Crippen molar-refractivity contribution in [1.82, 2.24) is 10.2 Å². The minimum absolute atomic E-state index is 0.232. The monoisotopic (exact) mass is 200 g/mol. The Bertz CT molecular complexity index is 161. The molecule has 3 heteroatoms. The molecular formula is C11H24N2O. The molecule has 2 unspecified atom stereocenters. The van der Waals surface area contributed by atoms with Gasteiger partial charge in [0.05, 0.1) is 6.61 Å². The number of hydrogen-bond acceptors (Lipinski definition) is 3. The lowest BCUT2D eigenvalue weighted by molar-refractivity contribution is 0.172. The zero-order chi connectivity index (χ0) is 10.6. The summed E-state index contributed by atoms with van der Waals surface area (Å²) in [5.74, 6) is 0. The zero-order valence-electron chi connectivity index (χ0n) is 9.66. The second kappa shape index (κ2) is 5.69. The number of nitrogens with one attached hydrogen (secondary N) is 1. The number of nitrogens with zero attached hydrogens (tertiary/aromatic N) is 1. The van der Waals surface area contributed by atoms with E-state index in [0.29, 0.717) is 12.1 Å². The van der Waals surface area contributed by atoms with E-state index in [1.807, 2.05) is 0 Å². The van der Waals surface area contributed by atoms with Gasteiger partial charge in [0.2, 0.25) is 0 Å². The van der Waals surface area contributed by atoms with Gasteiger partial charge < -0.3 is 10.4 Å². The van der Waals surface area contributed by atoms with E-state index < -0.39 is 0 Å². The molecule has 3 nitrogen and oxygen atoms in total. The van der Waals surface area contributed by atoms with Gasteiger partial charge in [-0.2, -0.15) is 0 Å². The van der Waals surface area contributed by atoms with Crippen LogP contribution in [0.2, 0.25) is 0 Å². The van der Waals surface area contributed by atoms with Gasteiger partial charge in [0.25, 0.3) is 0 Å². The minimum atomic E-state index is 0.232. The van der Waals surface area contributed by atoms with Gasteiger partial charge in [-0.15, -0.1) is 0 Å². The lowest BCUT2D eigenvalue weighted by Crippen LogP contribution is -2.46. The molecule has 14 heavy (non-hydrogen) atoms. The highest BCUT2D eigenvalue weighted by molar-refractivity contribution is 4.80. The molecule has 1 rings (SSSR count). The fourth-order valence-electron chi connectivity index (χ4n) is 2.18. The van der Waals surface area contributed by atoms with Crippen LogP contribution in [0.15, 0.2) is 0 Å². The van der Waals surface area contributed by atoms with Crippen LogP contribution in [0.25, 0.3) is 0 Å². The molecule has 0 aromatic carbocycles. The van der Waals surface area contributed by atoms with Gasteiger partial charge in [0, 0.05) is 24.7 Å². The topological polar surface area (TPSA) is 35.5 Å². The summed E-state index contributed by atoms with van der Waals surface area (Å²) in [6.45, 7) is 8.93. The van der Waals surface area contributed by atoms with E-state index in [0.717, 1.165) is 6.54 Å². The molecule has 0 aromatic heterocycles. The highest BCUT2D eigenvalue weighted by atomic mass is 16.3. The number of rotatable bonds is 5. The first-order valence-electron chi connectivity index (χ1n) is 5.74. The first-order chi connectivity index (χ1) is 6.63. The zero-order valence-corrected chi connectivity index (χ0v) is 9.66. The van der Waals surface area contributed by atoms with Crippen molar-refractivity contribution >= 4 is 0 Å². The summed E-state index contributed by atoms with van der Waals surface area (Å²) in [5.41, 5.74) is 0. The third-order valence-electron chi connectivity index (χ3n) is 2.93. The Labute approximate surface area is 87.5 Å². The summed E-state index contributed by atoms with van der Waals surface area (Å²) in [6, 6.07) is 1.37. The quantitative estimate of drug-likeness (QED) is 0.690. The third-order valence-corrected chi connectivity index (χ3v) is 2.93. The predicted molar refractivity (Wildman–Crippen MR) is 59.4 cm³/mol. The maximum atomic E-state index is 9.23. The van der Waals surface area contributed by atoms with Gasteiger partial charge >= 0.3 is 0 Å². The molecule has 0 aromatic rings. The van der Waals surface area contributed by atoms with E-state index in [9.17, 15) is 5.11 Å². The normalized spacial score (nSPS) is 25.9. The van der Waals surface area contributed by atoms with Crippen molar-refractivity contribution in [2.24, 2.45) is 0 Å². The Balaban J connectivity index is 2.31. The van der Waals surface area contributed by atoms with Crippen molar-refractivity contribution in [3.8, 4) is 0 Å². The van der Waals surface area contributed by atoms with Crippen LogP contribution < -0.4 is 5.32 Å². The molecule has 2 N–H and O–H groups in total. The van der Waals surface area contributed by atoms with Gasteiger partial charge in [0.15, 0.2) is 0 Å². The van der Waals surface area contributed by atoms with Crippen LogP contribution in [0, 0.1) is 0 Å². The Morgan fingerprint density at radius 1 is 1.50 bits per heavy atom. The van der Waals surface area contributed by atoms with Gasteiger partial charge in [-0.05, 0) is 26.3 Å². The van der Waals surface area contributed by atoms with Gasteiger partial charge in [0.1, 0.15) is 0 Å². The molecule has 0 aliphatic carbocycles. The second-order valence-electron chi connectivity index (χ2n) is 4.69. The maximum Gasteiger partial charge on any atom is 0.0597 e. The molecule has 0 saturated carbocycles. The molecule has 0 amide bonds. The molecule has 2 atom stereocenters. The highest BCUT2D eigenvalue weighted by Crippen LogP contribution is 2.16. The molecule has 0 bridgehead atoms. The highest BCUT2D eigenvalue weighted by Gasteiger charge is 2.22. The summed E-state index contributed by atoms with van der Waals surface area (Å²) in [7, 11) is 0. The Morgan fingerprint density at radius 2 is 2.21 bits per heavy atom. The van der Waals surface area contributed by atoms with E-state index in [-0.39, 0.29) is 12.6 Å². The van der Waals surface area contributed by atoms with Crippen LogP contribution in [0.5, 0.6) is 0 Å². The largest absolute Gasteiger partial charge is 0.395 e. The van der Waals surface area contributed by atoms with Crippen LogP contribution in [-0.4, -0.2) is 47.8 Å². The fraction of sp³-hybridized carbons (Fsp3) is 1.00. The Hall–Kier alpha value is -0.120. The smallest absolute Gasteiger partial charge is 0.0597 e. The van der Waals surface area contributed by atoms with Crippen molar-refractivity contribution in [2.45, 2.75) is 51.7 Å². The van der Waals surface area contributed by atoms with Crippen LogP contribution in [-0.2, 0) is 0 Å². The first-order valence-corrected chi connectivity index (χ1v) is 5.74. The molecule has 1 heterocycles. The predicted octanol–water partition coefficient (Wildman–Crippen LogP) is 0.830. The van der Waals surface area contributed by atoms with Gasteiger partial charge in [-0.25, -0.2) is 0 Å². The average molecular weight is 200 g/mol. The lowest BCUT2D eigenvalue weighted by Gasteiger charge is -2.27. The van der Waals surface area contributed by atoms with Gasteiger partial charge in [-0.3, -0.25) is 4.90 Å². The average Bonchev–Trinajstić information content (AvgIpc) is 2.50. The SMILES string of the molecule is CC(C)NC(CO)CN1CCCC1C. The summed E-state index contributed by atoms with van der Waals surface area (Å²) >= 11 is 0. The van der Waals surface area contributed by atoms with Crippen molar-refractivity contribution in [2.75, 3.05) is 19.7 Å². The van der Waals surface area contributed by atoms with E-state index in [1.54, 1.807) is 0 Å². The lowest BCUT2D eigenvalue weighted by atomic mass is 10.2. The van der Waals surface area contributed by atoms with Crippen LogP contribution >= 0.6 is 0 Å². The van der Waals surface area contributed by atoms with Gasteiger partial charge in [-0.1, -0.05) is 13.8 Å². The summed E-state index contributed by atoms with van der Waals surface area (Å²) < 4.78 is 0. The molecule has 1 saturated heterocycles. The molecular weight excluding hydrogens is 176 g/mol. The summed E-state index contributed by atoms with van der Waals surface area (Å²) in [4.78, 5) is 2.47. The van der Waals surface area contributed by atoms with Crippen molar-refractivity contribution < 1.29 is 5.11 Å². The van der Waals surface area contributed by atoms with E-state index >= 15 is 0 Å². The van der Waals surface area contributed by atoms with Crippen LogP contribution in [0.1, 0.15) is 33.6 Å². The van der Waals surface area contributed by atoms with Crippen molar-refractivity contribution in [3.63, 3.8) is 0 Å². The number of aliphatic hydroxyl groups excluding tert-OH is 1. The Kier molecular flexibility index (Phi) is 4.85. The van der Waals surface area contributed by atoms with Crippen molar-refractivity contribution in [1.29, 1.82) is 0 Å². The molecule has 0 radical (unpaired) electrons. The van der Waals surface area contributed by atoms with Crippen LogP contribution in [0.4, 0.5) is 0 Å².